The van der Waals surface area contributed by atoms with Crippen molar-refractivity contribution < 1.29 is 4.52 Å². The van der Waals surface area contributed by atoms with Crippen LogP contribution >= 0.6 is 15.9 Å². The molecule has 1 aromatic heterocycles. The Kier molecular flexibility index (Phi) is 3.35. The fourth-order valence-corrected chi connectivity index (χ4v) is 3.44. The lowest BCUT2D eigenvalue weighted by atomic mass is 9.91. The molecule has 2 unspecified atom stereocenters. The van der Waals surface area contributed by atoms with Crippen molar-refractivity contribution in [1.29, 1.82) is 0 Å². The molecule has 0 bridgehead atoms. The van der Waals surface area contributed by atoms with Crippen LogP contribution in [0.3, 0.4) is 0 Å². The Morgan fingerprint density at radius 1 is 1.37 bits per heavy atom. The molecule has 0 spiro atoms. The predicted molar refractivity (Wildman–Crippen MR) is 79.8 cm³/mol. The largest absolute Gasteiger partial charge is 0.380 e. The maximum absolute atomic E-state index is 6.02. The fraction of sp³-hybridized carbons (Fsp3) is 0.400. The first-order valence-electron chi connectivity index (χ1n) is 6.68. The average molecular weight is 321 g/mol. The van der Waals surface area contributed by atoms with Gasteiger partial charge in [0.1, 0.15) is 5.76 Å². The van der Waals surface area contributed by atoms with Gasteiger partial charge in [0.2, 0.25) is 0 Å². The van der Waals surface area contributed by atoms with E-state index in [1.165, 1.54) is 12.8 Å². The summed E-state index contributed by atoms with van der Waals surface area (Å²) in [4.78, 5) is 0. The minimum atomic E-state index is 0.443. The van der Waals surface area contributed by atoms with Crippen LogP contribution in [0.2, 0.25) is 0 Å². The Balaban J connectivity index is 2.08. The summed E-state index contributed by atoms with van der Waals surface area (Å²) >= 11 is 3.50. The summed E-state index contributed by atoms with van der Waals surface area (Å²) in [5.41, 5.74) is 8.06. The Morgan fingerprint density at radius 2 is 2.21 bits per heavy atom. The molecule has 3 rings (SSSR count). The molecule has 2 atom stereocenters. The number of aromatic nitrogens is 1. The average Bonchev–Trinajstić information content (AvgIpc) is 2.95. The van der Waals surface area contributed by atoms with Gasteiger partial charge in [0.15, 0.2) is 5.82 Å². The first kappa shape index (κ1) is 12.7. The number of hydrogen-bond acceptors (Lipinski definition) is 3. The summed E-state index contributed by atoms with van der Waals surface area (Å²) in [6.45, 7) is 2.28. The molecule has 19 heavy (non-hydrogen) atoms. The molecule has 0 amide bonds. The molecular formula is C15H17BrN2O. The minimum absolute atomic E-state index is 0.443. The van der Waals surface area contributed by atoms with Crippen LogP contribution in [-0.2, 0) is 0 Å². The molecule has 2 N–H and O–H groups in total. The number of nitrogens with zero attached hydrogens (tertiary/aromatic N) is 1. The maximum atomic E-state index is 6.02. The number of benzene rings is 1. The third kappa shape index (κ3) is 2.29. The van der Waals surface area contributed by atoms with E-state index in [1.807, 2.05) is 12.1 Å². The zero-order valence-corrected chi connectivity index (χ0v) is 12.5. The van der Waals surface area contributed by atoms with Crippen molar-refractivity contribution in [3.63, 3.8) is 0 Å². The van der Waals surface area contributed by atoms with Gasteiger partial charge in [0, 0.05) is 10.4 Å². The maximum Gasteiger partial charge on any atom is 0.175 e. The Morgan fingerprint density at radius 3 is 2.89 bits per heavy atom. The third-order valence-corrected chi connectivity index (χ3v) is 4.55. The predicted octanol–water partition coefficient (Wildman–Crippen LogP) is 4.59. The van der Waals surface area contributed by atoms with E-state index in [9.17, 15) is 0 Å². The molecule has 3 nitrogen and oxygen atoms in total. The van der Waals surface area contributed by atoms with E-state index in [1.54, 1.807) is 0 Å². The molecular weight excluding hydrogens is 304 g/mol. The van der Waals surface area contributed by atoms with E-state index in [0.717, 1.165) is 27.8 Å². The second-order valence-corrected chi connectivity index (χ2v) is 6.25. The van der Waals surface area contributed by atoms with Gasteiger partial charge in [-0.2, -0.15) is 0 Å². The first-order valence-corrected chi connectivity index (χ1v) is 7.47. The summed E-state index contributed by atoms with van der Waals surface area (Å²) < 4.78 is 6.59. The molecule has 0 saturated heterocycles. The van der Waals surface area contributed by atoms with Crippen molar-refractivity contribution in [2.75, 3.05) is 5.73 Å². The van der Waals surface area contributed by atoms with Crippen molar-refractivity contribution in [3.8, 4) is 11.1 Å². The second-order valence-electron chi connectivity index (χ2n) is 5.33. The molecule has 0 aliphatic heterocycles. The van der Waals surface area contributed by atoms with Crippen molar-refractivity contribution in [1.82, 2.24) is 5.16 Å². The van der Waals surface area contributed by atoms with Crippen LogP contribution in [0.5, 0.6) is 0 Å². The van der Waals surface area contributed by atoms with Crippen molar-refractivity contribution in [2.45, 2.75) is 32.1 Å². The van der Waals surface area contributed by atoms with Crippen LogP contribution in [0.4, 0.5) is 5.82 Å². The van der Waals surface area contributed by atoms with Gasteiger partial charge in [0.05, 0.1) is 5.56 Å². The summed E-state index contributed by atoms with van der Waals surface area (Å²) in [7, 11) is 0. The van der Waals surface area contributed by atoms with Crippen molar-refractivity contribution >= 4 is 21.7 Å². The number of anilines is 1. The summed E-state index contributed by atoms with van der Waals surface area (Å²) in [5.74, 6) is 2.53. The zero-order chi connectivity index (χ0) is 13.4. The van der Waals surface area contributed by atoms with Crippen LogP contribution in [0.1, 0.15) is 37.9 Å². The molecule has 4 heteroatoms. The first-order chi connectivity index (χ1) is 9.16. The van der Waals surface area contributed by atoms with Gasteiger partial charge in [0.25, 0.3) is 0 Å². The Bertz CT molecular complexity index is 594. The summed E-state index contributed by atoms with van der Waals surface area (Å²) in [6, 6.07) is 8.13. The lowest BCUT2D eigenvalue weighted by molar-refractivity contribution is 0.341. The normalized spacial score (nSPS) is 22.8. The monoisotopic (exact) mass is 320 g/mol. The smallest absolute Gasteiger partial charge is 0.175 e. The van der Waals surface area contributed by atoms with Crippen LogP contribution in [0.25, 0.3) is 11.1 Å². The standard InChI is InChI=1S/C15H17BrN2O/c1-9-4-2-7-12(9)14-13(15(17)18-19-14)10-5-3-6-11(16)8-10/h3,5-6,8-9,12H,2,4,7H2,1H3,(H2,17,18). The highest BCUT2D eigenvalue weighted by Crippen LogP contribution is 2.45. The zero-order valence-electron chi connectivity index (χ0n) is 10.9. The van der Waals surface area contributed by atoms with E-state index in [2.05, 4.69) is 40.1 Å². The third-order valence-electron chi connectivity index (χ3n) is 4.06. The molecule has 1 aromatic carbocycles. The van der Waals surface area contributed by atoms with Crippen LogP contribution < -0.4 is 5.73 Å². The van der Waals surface area contributed by atoms with Gasteiger partial charge in [-0.15, -0.1) is 0 Å². The van der Waals surface area contributed by atoms with Crippen LogP contribution in [0.15, 0.2) is 33.3 Å². The molecule has 1 saturated carbocycles. The molecule has 1 aliphatic carbocycles. The second kappa shape index (κ2) is 5.00. The van der Waals surface area contributed by atoms with E-state index in [4.69, 9.17) is 10.3 Å². The Hall–Kier alpha value is -1.29. The molecule has 1 heterocycles. The number of halogens is 1. The van der Waals surface area contributed by atoms with Crippen LogP contribution in [-0.4, -0.2) is 5.16 Å². The number of hydrogen-bond donors (Lipinski definition) is 1. The van der Waals surface area contributed by atoms with E-state index < -0.39 is 0 Å². The van der Waals surface area contributed by atoms with Crippen molar-refractivity contribution in [2.24, 2.45) is 5.92 Å². The molecule has 2 aromatic rings. The van der Waals surface area contributed by atoms with E-state index in [-0.39, 0.29) is 0 Å². The van der Waals surface area contributed by atoms with Gasteiger partial charge in [-0.3, -0.25) is 0 Å². The number of nitrogens with two attached hydrogens (primary N) is 1. The van der Waals surface area contributed by atoms with Gasteiger partial charge in [-0.1, -0.05) is 46.6 Å². The lowest BCUT2D eigenvalue weighted by Crippen LogP contribution is -2.02. The van der Waals surface area contributed by atoms with E-state index in [0.29, 0.717) is 17.7 Å². The molecule has 1 aliphatic rings. The highest BCUT2D eigenvalue weighted by Gasteiger charge is 2.32. The van der Waals surface area contributed by atoms with Gasteiger partial charge in [-0.05, 0) is 36.5 Å². The molecule has 100 valence electrons. The fourth-order valence-electron chi connectivity index (χ4n) is 3.04. The summed E-state index contributed by atoms with van der Waals surface area (Å²) in [5, 5.41) is 3.99. The molecule has 0 radical (unpaired) electrons. The van der Waals surface area contributed by atoms with Gasteiger partial charge < -0.3 is 10.3 Å². The van der Waals surface area contributed by atoms with E-state index >= 15 is 0 Å². The SMILES string of the molecule is CC1CCCC1c1onc(N)c1-c1cccc(Br)c1. The Labute approximate surface area is 121 Å². The van der Waals surface area contributed by atoms with Gasteiger partial charge in [-0.25, -0.2) is 0 Å². The number of rotatable bonds is 2. The minimum Gasteiger partial charge on any atom is -0.380 e. The summed E-state index contributed by atoms with van der Waals surface area (Å²) in [6.07, 6.45) is 3.67. The van der Waals surface area contributed by atoms with Crippen molar-refractivity contribution in [3.05, 3.63) is 34.5 Å². The highest BCUT2D eigenvalue weighted by molar-refractivity contribution is 9.10. The highest BCUT2D eigenvalue weighted by atomic mass is 79.9. The topological polar surface area (TPSA) is 52.0 Å². The molecule has 1 fully saturated rings. The van der Waals surface area contributed by atoms with Crippen LogP contribution in [0, 0.1) is 5.92 Å². The number of nitrogen functional groups attached to an aromatic ring is 1. The lowest BCUT2D eigenvalue weighted by Gasteiger charge is -2.13. The quantitative estimate of drug-likeness (QED) is 0.880. The van der Waals surface area contributed by atoms with Gasteiger partial charge >= 0.3 is 0 Å².